The van der Waals surface area contributed by atoms with Crippen LogP contribution < -0.4 is 0 Å². The zero-order valence-electron chi connectivity index (χ0n) is 11.3. The van der Waals surface area contributed by atoms with E-state index < -0.39 is 24.7 Å². The van der Waals surface area contributed by atoms with E-state index in [2.05, 4.69) is 0 Å². The van der Waals surface area contributed by atoms with Crippen molar-refractivity contribution in [2.24, 2.45) is 0 Å². The molecule has 0 amide bonds. The standard InChI is InChI=1S/C15H19FO4/c1-18-14-8-7-12(16)15(20-14)13(17)10-19-9-11-5-3-2-4-6-11/h2-8,12-15,17H,9-10H2,1H3/t12-,13-,14?,15-/m0/s1. The molecule has 0 saturated carbocycles. The Bertz CT molecular complexity index is 423. The number of benzene rings is 1. The van der Waals surface area contributed by atoms with Crippen LogP contribution in [0.1, 0.15) is 5.56 Å². The average Bonchev–Trinajstić information content (AvgIpc) is 2.48. The van der Waals surface area contributed by atoms with Gasteiger partial charge in [0.25, 0.3) is 0 Å². The van der Waals surface area contributed by atoms with Crippen LogP contribution in [0.5, 0.6) is 0 Å². The summed E-state index contributed by atoms with van der Waals surface area (Å²) in [6.07, 6.45) is -1.19. The second-order valence-electron chi connectivity index (χ2n) is 4.60. The molecule has 0 bridgehead atoms. The molecule has 1 aromatic rings. The van der Waals surface area contributed by atoms with Crippen molar-refractivity contribution in [2.45, 2.75) is 31.3 Å². The minimum absolute atomic E-state index is 0.00422. The van der Waals surface area contributed by atoms with Gasteiger partial charge < -0.3 is 19.3 Å². The van der Waals surface area contributed by atoms with E-state index in [4.69, 9.17) is 14.2 Å². The molecule has 110 valence electrons. The Morgan fingerprint density at radius 3 is 2.75 bits per heavy atom. The maximum atomic E-state index is 13.7. The molecule has 0 radical (unpaired) electrons. The second-order valence-corrected chi connectivity index (χ2v) is 4.60. The monoisotopic (exact) mass is 282 g/mol. The third kappa shape index (κ3) is 4.11. The van der Waals surface area contributed by atoms with Gasteiger partial charge in [0, 0.05) is 7.11 Å². The number of alkyl halides is 1. The van der Waals surface area contributed by atoms with Crippen LogP contribution in [0, 0.1) is 0 Å². The predicted molar refractivity (Wildman–Crippen MR) is 71.8 cm³/mol. The molecule has 0 saturated heterocycles. The predicted octanol–water partition coefficient (Wildman–Crippen LogP) is 1.83. The Morgan fingerprint density at radius 2 is 2.05 bits per heavy atom. The fourth-order valence-electron chi connectivity index (χ4n) is 1.99. The molecule has 20 heavy (non-hydrogen) atoms. The lowest BCUT2D eigenvalue weighted by Crippen LogP contribution is -2.44. The number of halogens is 1. The first-order valence-corrected chi connectivity index (χ1v) is 6.51. The van der Waals surface area contributed by atoms with E-state index in [0.29, 0.717) is 6.61 Å². The van der Waals surface area contributed by atoms with Gasteiger partial charge in [-0.3, -0.25) is 0 Å². The Balaban J connectivity index is 1.79. The zero-order valence-corrected chi connectivity index (χ0v) is 11.3. The van der Waals surface area contributed by atoms with Gasteiger partial charge in [0.1, 0.15) is 18.4 Å². The highest BCUT2D eigenvalue weighted by Gasteiger charge is 2.33. The van der Waals surface area contributed by atoms with E-state index in [1.54, 1.807) is 0 Å². The molecule has 4 atom stereocenters. The summed E-state index contributed by atoms with van der Waals surface area (Å²) in [5.41, 5.74) is 0.996. The largest absolute Gasteiger partial charge is 0.388 e. The molecule has 4 nitrogen and oxygen atoms in total. The molecule has 0 spiro atoms. The number of rotatable bonds is 6. The van der Waals surface area contributed by atoms with Gasteiger partial charge in [-0.1, -0.05) is 30.3 Å². The van der Waals surface area contributed by atoms with E-state index in [1.165, 1.54) is 19.3 Å². The van der Waals surface area contributed by atoms with Crippen molar-refractivity contribution < 1.29 is 23.7 Å². The lowest BCUT2D eigenvalue weighted by molar-refractivity contribution is -0.185. The third-order valence-electron chi connectivity index (χ3n) is 3.07. The first kappa shape index (κ1) is 15.1. The van der Waals surface area contributed by atoms with Crippen molar-refractivity contribution in [3.8, 4) is 0 Å². The van der Waals surface area contributed by atoms with Gasteiger partial charge in [0.05, 0.1) is 13.2 Å². The van der Waals surface area contributed by atoms with Gasteiger partial charge in [-0.2, -0.15) is 0 Å². The van der Waals surface area contributed by atoms with Crippen LogP contribution in [0.15, 0.2) is 42.5 Å². The van der Waals surface area contributed by atoms with Crippen LogP contribution in [0.25, 0.3) is 0 Å². The summed E-state index contributed by atoms with van der Waals surface area (Å²) in [4.78, 5) is 0. The van der Waals surface area contributed by atoms with E-state index in [9.17, 15) is 9.50 Å². The molecule has 1 heterocycles. The summed E-state index contributed by atoms with van der Waals surface area (Å²) in [6.45, 7) is 0.370. The van der Waals surface area contributed by atoms with Crippen molar-refractivity contribution >= 4 is 0 Å². The highest BCUT2D eigenvalue weighted by molar-refractivity contribution is 5.13. The Kier molecular flexibility index (Phi) is 5.67. The maximum Gasteiger partial charge on any atom is 0.177 e. The number of hydrogen-bond donors (Lipinski definition) is 1. The summed E-state index contributed by atoms with van der Waals surface area (Å²) < 4.78 is 29.3. The van der Waals surface area contributed by atoms with Gasteiger partial charge in [-0.15, -0.1) is 0 Å². The van der Waals surface area contributed by atoms with Crippen LogP contribution in [-0.4, -0.2) is 43.5 Å². The molecular formula is C15H19FO4. The van der Waals surface area contributed by atoms with Crippen molar-refractivity contribution in [3.63, 3.8) is 0 Å². The van der Waals surface area contributed by atoms with Crippen molar-refractivity contribution in [1.82, 2.24) is 0 Å². The SMILES string of the molecule is COC1C=C[C@H](F)[C@@H]([C@@H](O)COCc2ccccc2)O1. The maximum absolute atomic E-state index is 13.7. The van der Waals surface area contributed by atoms with E-state index in [0.717, 1.165) is 5.56 Å². The number of ether oxygens (including phenoxy) is 3. The van der Waals surface area contributed by atoms with Gasteiger partial charge in [0.2, 0.25) is 0 Å². The number of methoxy groups -OCH3 is 1. The first-order chi connectivity index (χ1) is 9.70. The smallest absolute Gasteiger partial charge is 0.177 e. The molecular weight excluding hydrogens is 263 g/mol. The van der Waals surface area contributed by atoms with Crippen LogP contribution in [0.3, 0.4) is 0 Å². The Hall–Kier alpha value is -1.27. The molecule has 0 aliphatic carbocycles. The highest BCUT2D eigenvalue weighted by Crippen LogP contribution is 2.19. The first-order valence-electron chi connectivity index (χ1n) is 6.51. The number of hydrogen-bond acceptors (Lipinski definition) is 4. The van der Waals surface area contributed by atoms with Crippen molar-refractivity contribution in [1.29, 1.82) is 0 Å². The summed E-state index contributed by atoms with van der Waals surface area (Å²) in [7, 11) is 1.46. The fraction of sp³-hybridized carbons (Fsp3) is 0.467. The molecule has 2 rings (SSSR count). The van der Waals surface area contributed by atoms with Gasteiger partial charge in [-0.05, 0) is 17.7 Å². The van der Waals surface area contributed by atoms with Crippen LogP contribution in [0.2, 0.25) is 0 Å². The van der Waals surface area contributed by atoms with Crippen LogP contribution in [-0.2, 0) is 20.8 Å². The topological polar surface area (TPSA) is 47.9 Å². The van der Waals surface area contributed by atoms with Crippen LogP contribution in [0.4, 0.5) is 4.39 Å². The lowest BCUT2D eigenvalue weighted by Gasteiger charge is -2.30. The van der Waals surface area contributed by atoms with Crippen LogP contribution >= 0.6 is 0 Å². The molecule has 0 fully saturated rings. The minimum atomic E-state index is -1.36. The van der Waals surface area contributed by atoms with Gasteiger partial charge in [-0.25, -0.2) is 4.39 Å². The summed E-state index contributed by atoms with van der Waals surface area (Å²) in [5.74, 6) is 0. The third-order valence-corrected chi connectivity index (χ3v) is 3.07. The van der Waals surface area contributed by atoms with E-state index >= 15 is 0 Å². The van der Waals surface area contributed by atoms with Crippen molar-refractivity contribution in [2.75, 3.05) is 13.7 Å². The molecule has 1 aromatic carbocycles. The van der Waals surface area contributed by atoms with Crippen molar-refractivity contribution in [3.05, 3.63) is 48.0 Å². The summed E-state index contributed by atoms with van der Waals surface area (Å²) >= 11 is 0. The molecule has 1 N–H and O–H groups in total. The fourth-order valence-corrected chi connectivity index (χ4v) is 1.99. The highest BCUT2D eigenvalue weighted by atomic mass is 19.1. The lowest BCUT2D eigenvalue weighted by atomic mass is 10.1. The average molecular weight is 282 g/mol. The van der Waals surface area contributed by atoms with Gasteiger partial charge in [0.15, 0.2) is 6.29 Å². The molecule has 1 aliphatic rings. The summed E-state index contributed by atoms with van der Waals surface area (Å²) in [5, 5.41) is 9.96. The zero-order chi connectivity index (χ0) is 14.4. The minimum Gasteiger partial charge on any atom is -0.388 e. The molecule has 5 heteroatoms. The Morgan fingerprint density at radius 1 is 1.30 bits per heavy atom. The molecule has 1 unspecified atom stereocenters. The quantitative estimate of drug-likeness (QED) is 0.809. The Labute approximate surface area is 117 Å². The molecule has 1 aliphatic heterocycles. The second kappa shape index (κ2) is 7.50. The van der Waals surface area contributed by atoms with E-state index in [-0.39, 0.29) is 6.61 Å². The number of aliphatic hydroxyl groups excluding tert-OH is 1. The summed E-state index contributed by atoms with van der Waals surface area (Å²) in [6, 6.07) is 9.57. The normalized spacial score (nSPS) is 27.4. The van der Waals surface area contributed by atoms with E-state index in [1.807, 2.05) is 30.3 Å². The molecule has 0 aromatic heterocycles. The number of aliphatic hydroxyl groups is 1. The van der Waals surface area contributed by atoms with Gasteiger partial charge >= 0.3 is 0 Å².